The molecule has 0 saturated heterocycles. The summed E-state index contributed by atoms with van der Waals surface area (Å²) < 4.78 is 0. The highest BCUT2D eigenvalue weighted by molar-refractivity contribution is 7.73. The summed E-state index contributed by atoms with van der Waals surface area (Å²) in [7, 11) is -1.58. The summed E-state index contributed by atoms with van der Waals surface area (Å²) in [5.74, 6) is 1.10. The van der Waals surface area contributed by atoms with Gasteiger partial charge in [0.1, 0.15) is 0 Å². The van der Waals surface area contributed by atoms with E-state index in [0.717, 1.165) is 30.6 Å². The summed E-state index contributed by atoms with van der Waals surface area (Å²) in [5.41, 5.74) is 36.9. The summed E-state index contributed by atoms with van der Waals surface area (Å²) in [6.45, 7) is 55.7. The van der Waals surface area contributed by atoms with Crippen molar-refractivity contribution in [2.24, 2.45) is 0 Å². The van der Waals surface area contributed by atoms with Gasteiger partial charge in [-0.15, -0.1) is 0 Å². The number of benzene rings is 12. The highest BCUT2D eigenvalue weighted by Gasteiger charge is 2.26. The minimum absolute atomic E-state index is 0.0357. The van der Waals surface area contributed by atoms with Gasteiger partial charge >= 0.3 is 0 Å². The maximum atomic E-state index is 2.57. The van der Waals surface area contributed by atoms with Gasteiger partial charge in [0.2, 0.25) is 0 Å². The van der Waals surface area contributed by atoms with Crippen LogP contribution in [0.3, 0.4) is 0 Å². The standard InChI is InChI=1S/C109H126P2/c1-102(2,3)94-41-25-78(26-42-94)86-57-74(58-87(65-86)79-27-43-95(44-28-79)103(4,5)6)69-110(70-75-59-88(80-29-45-96(46-30-80)104(7,8)9)66-89(60-75)81-31-47-97(48-32-81)105(10,11)12)73-111(71-76-61-90(82-33-49-98(50-34-82)106(13,14)15)67-91(62-76)83-35-51-99(52-36-83)107(16,17)18)72-77-63-92(84-37-53-100(54-38-84)108(19,20)21)68-93(64-77)85-39-55-101(56-40-85)109(22,23)24/h25-68H,69-73H2,1-24H3. The van der Waals surface area contributed by atoms with E-state index in [9.17, 15) is 0 Å². The first-order valence-corrected chi connectivity index (χ1v) is 44.6. The monoisotopic (exact) mass is 1500 g/mol. The molecule has 12 rings (SSSR count). The summed E-state index contributed by atoms with van der Waals surface area (Å²) in [6.07, 6.45) is 3.86. The van der Waals surface area contributed by atoms with Crippen LogP contribution in [0.1, 0.15) is 233 Å². The molecular formula is C109H126P2. The first-order chi connectivity index (χ1) is 51.9. The van der Waals surface area contributed by atoms with Gasteiger partial charge in [-0.3, -0.25) is 0 Å². The molecule has 12 aromatic carbocycles. The van der Waals surface area contributed by atoms with Crippen LogP contribution in [0.5, 0.6) is 0 Å². The number of rotatable bonds is 18. The van der Waals surface area contributed by atoms with E-state index in [4.69, 9.17) is 0 Å². The highest BCUT2D eigenvalue weighted by atomic mass is 31.2. The van der Waals surface area contributed by atoms with Gasteiger partial charge in [0, 0.05) is 0 Å². The lowest BCUT2D eigenvalue weighted by Crippen LogP contribution is -2.10. The first kappa shape index (κ1) is 82.0. The summed E-state index contributed by atoms with van der Waals surface area (Å²) in [4.78, 5) is 0. The Hall–Kier alpha value is -8.50. The lowest BCUT2D eigenvalue weighted by atomic mass is 9.85. The van der Waals surface area contributed by atoms with Crippen molar-refractivity contribution in [3.8, 4) is 89.0 Å². The third kappa shape index (κ3) is 20.9. The molecule has 0 aliphatic rings. The van der Waals surface area contributed by atoms with E-state index in [1.807, 2.05) is 0 Å². The van der Waals surface area contributed by atoms with E-state index in [-0.39, 0.29) is 43.3 Å². The molecule has 0 fully saturated rings. The SMILES string of the molecule is CC(C)(C)c1ccc(-c2cc(CP(Cc3cc(-c4ccc(C(C)(C)C)cc4)cc(-c4ccc(C(C)(C)C)cc4)c3)CP(Cc3cc(-c4ccc(C(C)(C)C)cc4)cc(-c4ccc(C(C)(C)C)cc4)c3)Cc3cc(-c4ccc(C(C)(C)C)cc4)cc(-c4ccc(C(C)(C)C)cc4)c3)cc(-c3ccc(C(C)(C)C)cc3)c2)cc1. The fourth-order valence-electron chi connectivity index (χ4n) is 15.4. The van der Waals surface area contributed by atoms with Crippen molar-refractivity contribution in [2.45, 2.75) is 234 Å². The van der Waals surface area contributed by atoms with Crippen molar-refractivity contribution < 1.29 is 0 Å². The van der Waals surface area contributed by atoms with Crippen LogP contribution < -0.4 is 0 Å². The van der Waals surface area contributed by atoms with Crippen molar-refractivity contribution in [3.63, 3.8) is 0 Å². The zero-order valence-electron chi connectivity index (χ0n) is 71.8. The number of hydrogen-bond acceptors (Lipinski definition) is 0. The average molecular weight is 1500 g/mol. The second-order valence-corrected chi connectivity index (χ2v) is 45.5. The molecule has 2 heteroatoms. The van der Waals surface area contributed by atoms with Crippen LogP contribution in [0.2, 0.25) is 0 Å². The Bertz CT molecular complexity index is 4200. The third-order valence-corrected chi connectivity index (χ3v) is 29.1. The molecular weight excluding hydrogens is 1370 g/mol. The average Bonchev–Trinajstić information content (AvgIpc) is 0.810. The Morgan fingerprint density at radius 3 is 0.351 bits per heavy atom. The maximum Gasteiger partial charge on any atom is -0.00665 e. The molecule has 111 heavy (non-hydrogen) atoms. The topological polar surface area (TPSA) is 0 Å². The summed E-state index contributed by atoms with van der Waals surface area (Å²) in [6, 6.07) is 106. The molecule has 12 aromatic rings. The quantitative estimate of drug-likeness (QED) is 0.0751. The van der Waals surface area contributed by atoms with Crippen LogP contribution in [0, 0.1) is 0 Å². The number of hydrogen-bond donors (Lipinski definition) is 0. The Morgan fingerprint density at radius 1 is 0.144 bits per heavy atom. The van der Waals surface area contributed by atoms with E-state index in [1.165, 1.54) is 156 Å². The van der Waals surface area contributed by atoms with Crippen LogP contribution in [-0.2, 0) is 68.0 Å². The van der Waals surface area contributed by atoms with Gasteiger partial charge in [-0.2, -0.15) is 0 Å². The van der Waals surface area contributed by atoms with Crippen LogP contribution >= 0.6 is 15.8 Å². The minimum Gasteiger partial charge on any atom is -0.0933 e. The van der Waals surface area contributed by atoms with Gasteiger partial charge in [0.05, 0.1) is 0 Å². The molecule has 0 aliphatic carbocycles. The van der Waals surface area contributed by atoms with Crippen LogP contribution in [0.15, 0.2) is 267 Å². The molecule has 0 aliphatic heterocycles. The molecule has 0 nitrogen and oxygen atoms in total. The van der Waals surface area contributed by atoms with Crippen LogP contribution in [0.25, 0.3) is 89.0 Å². The Balaban J connectivity index is 1.09. The highest BCUT2D eigenvalue weighted by Crippen LogP contribution is 2.59. The first-order valence-electron chi connectivity index (χ1n) is 40.8. The van der Waals surface area contributed by atoms with Crippen LogP contribution in [-0.4, -0.2) is 5.90 Å². The van der Waals surface area contributed by atoms with Gasteiger partial charge in [-0.25, -0.2) is 0 Å². The van der Waals surface area contributed by atoms with E-state index in [2.05, 4.69) is 433 Å². The lowest BCUT2D eigenvalue weighted by Gasteiger charge is -2.28. The summed E-state index contributed by atoms with van der Waals surface area (Å²) >= 11 is 0. The Morgan fingerprint density at radius 2 is 0.252 bits per heavy atom. The van der Waals surface area contributed by atoms with E-state index in [1.54, 1.807) is 0 Å². The fraction of sp³-hybridized carbons (Fsp3) is 0.339. The van der Waals surface area contributed by atoms with Crippen LogP contribution in [0.4, 0.5) is 0 Å². The largest absolute Gasteiger partial charge is 0.0933 e. The Labute approximate surface area is 674 Å². The fourth-order valence-corrected chi connectivity index (χ4v) is 22.3. The van der Waals surface area contributed by atoms with Crippen molar-refractivity contribution >= 4 is 15.8 Å². The molecule has 0 amide bonds. The predicted molar refractivity (Wildman–Crippen MR) is 492 cm³/mol. The van der Waals surface area contributed by atoms with Crippen molar-refractivity contribution in [1.82, 2.24) is 0 Å². The van der Waals surface area contributed by atoms with E-state index in [0.29, 0.717) is 0 Å². The molecule has 0 N–H and O–H groups in total. The van der Waals surface area contributed by atoms with Crippen molar-refractivity contribution in [1.29, 1.82) is 0 Å². The van der Waals surface area contributed by atoms with Gasteiger partial charge < -0.3 is 0 Å². The normalized spacial score (nSPS) is 12.8. The van der Waals surface area contributed by atoms with Crippen molar-refractivity contribution in [3.05, 3.63) is 334 Å². The van der Waals surface area contributed by atoms with E-state index >= 15 is 0 Å². The predicted octanol–water partition coefficient (Wildman–Crippen LogP) is 32.4. The van der Waals surface area contributed by atoms with Gasteiger partial charge in [0.15, 0.2) is 0 Å². The molecule has 0 aromatic heterocycles. The maximum absolute atomic E-state index is 2.57. The Kier molecular flexibility index (Phi) is 23.8. The zero-order chi connectivity index (χ0) is 80.0. The van der Waals surface area contributed by atoms with Gasteiger partial charge in [-0.1, -0.05) is 425 Å². The molecule has 0 bridgehead atoms. The molecule has 572 valence electrons. The third-order valence-electron chi connectivity index (χ3n) is 22.7. The van der Waals surface area contributed by atoms with Gasteiger partial charge in [0.25, 0.3) is 0 Å². The lowest BCUT2D eigenvalue weighted by molar-refractivity contribution is 0.590. The smallest absolute Gasteiger partial charge is 0.00665 e. The molecule has 0 heterocycles. The van der Waals surface area contributed by atoms with E-state index < -0.39 is 15.8 Å². The molecule has 0 radical (unpaired) electrons. The zero-order valence-corrected chi connectivity index (χ0v) is 73.6. The van der Waals surface area contributed by atoms with Crippen molar-refractivity contribution in [2.75, 3.05) is 5.90 Å². The minimum atomic E-state index is -0.789. The second kappa shape index (κ2) is 32.2. The molecule has 0 spiro atoms. The molecule has 0 unspecified atom stereocenters. The summed E-state index contributed by atoms with van der Waals surface area (Å²) in [5, 5.41) is 0. The van der Waals surface area contributed by atoms with Gasteiger partial charge in [-0.05, 0) is 254 Å². The molecule has 0 saturated carbocycles. The molecule has 0 atom stereocenters. The second-order valence-electron chi connectivity index (χ2n) is 40.4.